The highest BCUT2D eigenvalue weighted by atomic mass is 79.9. The van der Waals surface area contributed by atoms with Crippen LogP contribution in [0.25, 0.3) is 0 Å². The summed E-state index contributed by atoms with van der Waals surface area (Å²) in [5.41, 5.74) is 6.19. The molecule has 0 saturated carbocycles. The third-order valence-corrected chi connectivity index (χ3v) is 6.25. The van der Waals surface area contributed by atoms with Gasteiger partial charge in [0.1, 0.15) is 52.5 Å². The second kappa shape index (κ2) is 15.3. The largest absolute Gasteiger partial charge is 0.508 e. The van der Waals surface area contributed by atoms with Crippen LogP contribution in [0.15, 0.2) is 45.3 Å². The molecule has 0 heterocycles. The van der Waals surface area contributed by atoms with E-state index in [-0.39, 0.29) is 18.2 Å². The van der Waals surface area contributed by atoms with Crippen LogP contribution in [0, 0.1) is 34.6 Å². The molecule has 2 rings (SSSR count). The van der Waals surface area contributed by atoms with E-state index >= 15 is 0 Å². The number of ether oxygens (including phenoxy) is 1. The molecule has 0 aliphatic rings. The summed E-state index contributed by atoms with van der Waals surface area (Å²) in [6.45, 7) is 13.3. The van der Waals surface area contributed by atoms with Crippen molar-refractivity contribution in [1.29, 1.82) is 0 Å². The first kappa shape index (κ1) is 31.4. The monoisotopic (exact) mass is 618 g/mol. The van der Waals surface area contributed by atoms with Gasteiger partial charge in [-0.2, -0.15) is 0 Å². The Labute approximate surface area is 214 Å². The highest BCUT2D eigenvalue weighted by molar-refractivity contribution is 9.10. The van der Waals surface area contributed by atoms with Crippen LogP contribution < -0.4 is 4.74 Å². The number of phenolic OH excluding ortho intramolecular Hbond substituents is 1. The number of benzene rings is 2. The van der Waals surface area contributed by atoms with E-state index in [1.54, 1.807) is 12.1 Å². The summed E-state index contributed by atoms with van der Waals surface area (Å²) in [6, 6.07) is 8.59. The topological polar surface area (TPSA) is 49.7 Å². The summed E-state index contributed by atoms with van der Waals surface area (Å²) >= 11 is 6.03. The molecule has 0 radical (unpaired) electrons. The molecule has 0 bridgehead atoms. The zero-order valence-corrected chi connectivity index (χ0v) is 24.9. The average Bonchev–Trinajstić information content (AvgIpc) is 2.69. The third kappa shape index (κ3) is 17.5. The molecule has 9 heteroatoms. The molecule has 0 fully saturated rings. The van der Waals surface area contributed by atoms with Gasteiger partial charge in [-0.3, -0.25) is 0 Å². The molecule has 3 nitrogen and oxygen atoms in total. The fraction of sp³-hybridized carbons (Fsp3) is 0.333. The lowest BCUT2D eigenvalue weighted by atomic mass is 10.3. The Morgan fingerprint density at radius 2 is 1.30 bits per heavy atom. The zero-order valence-electron chi connectivity index (χ0n) is 19.7. The summed E-state index contributed by atoms with van der Waals surface area (Å²) in [7, 11) is -2.54. The first-order chi connectivity index (χ1) is 15.1. The van der Waals surface area contributed by atoms with E-state index in [1.165, 1.54) is 18.2 Å². The van der Waals surface area contributed by atoms with E-state index in [0.29, 0.717) is 21.3 Å². The highest BCUT2D eigenvalue weighted by Gasteiger charge is 2.07. The van der Waals surface area contributed by atoms with Gasteiger partial charge in [0.15, 0.2) is 0 Å². The lowest BCUT2D eigenvalue weighted by Crippen LogP contribution is -2.16. The van der Waals surface area contributed by atoms with Gasteiger partial charge in [0, 0.05) is 12.1 Å². The molecule has 0 saturated heterocycles. The Morgan fingerprint density at radius 3 is 1.70 bits per heavy atom. The van der Waals surface area contributed by atoms with Crippen LogP contribution in [0.4, 0.5) is 8.78 Å². The second-order valence-corrected chi connectivity index (χ2v) is 19.9. The highest BCUT2D eigenvalue weighted by Crippen LogP contribution is 2.21. The quantitative estimate of drug-likeness (QED) is 0.281. The van der Waals surface area contributed by atoms with Gasteiger partial charge < -0.3 is 14.9 Å². The van der Waals surface area contributed by atoms with E-state index in [1.807, 2.05) is 0 Å². The molecular weight excluding hydrogens is 590 g/mol. The number of phenols is 1. The minimum absolute atomic E-state index is 0.00424. The van der Waals surface area contributed by atoms with Gasteiger partial charge in [-0.15, -0.1) is 11.1 Å². The minimum atomic E-state index is -1.34. The van der Waals surface area contributed by atoms with Crippen molar-refractivity contribution >= 4 is 48.0 Å². The van der Waals surface area contributed by atoms with Crippen molar-refractivity contribution in [2.75, 3.05) is 13.2 Å². The molecule has 0 aliphatic heterocycles. The number of rotatable bonds is 2. The molecular formula is C24H30Br2F2O3Si2. The van der Waals surface area contributed by atoms with Crippen LogP contribution in [-0.4, -0.2) is 39.6 Å². The number of halogens is 4. The summed E-state index contributed by atoms with van der Waals surface area (Å²) in [5.74, 6) is 5.29. The Balaban J connectivity index is 0.000000511. The number of aliphatic hydroxyl groups is 1. The molecule has 2 aromatic carbocycles. The van der Waals surface area contributed by atoms with Crippen molar-refractivity contribution in [3.63, 3.8) is 0 Å². The van der Waals surface area contributed by atoms with Gasteiger partial charge in [0.2, 0.25) is 0 Å². The predicted molar refractivity (Wildman–Crippen MR) is 145 cm³/mol. The molecule has 180 valence electrons. The van der Waals surface area contributed by atoms with Crippen LogP contribution in [0.1, 0.15) is 0 Å². The maximum atomic E-state index is 13.1. The number of hydrogen-bond acceptors (Lipinski definition) is 3. The van der Waals surface area contributed by atoms with Crippen molar-refractivity contribution in [3.05, 3.63) is 57.0 Å². The summed E-state index contributed by atoms with van der Waals surface area (Å²) < 4.78 is 31.6. The standard InChI is InChI=1S/C12H14BrFOSi.C6H4BrFO.C6H12OSi/c1-16(2,3)8-4-7-15-10-5-6-11(13)12(14)9-10;7-5-2-1-4(9)3-6(5)8;1-8(2,3)6-4-5-7/h5-6,9H,7H2,1-3H3;1-3,9H;7H,5H2,1-3H3. The molecule has 0 amide bonds. The normalized spacial score (nSPS) is 10.2. The van der Waals surface area contributed by atoms with E-state index in [4.69, 9.17) is 14.9 Å². The fourth-order valence-corrected chi connectivity index (χ4v) is 3.48. The molecule has 2 aromatic rings. The van der Waals surface area contributed by atoms with Crippen molar-refractivity contribution in [1.82, 2.24) is 0 Å². The van der Waals surface area contributed by atoms with Crippen molar-refractivity contribution in [3.8, 4) is 34.4 Å². The van der Waals surface area contributed by atoms with Crippen LogP contribution in [-0.2, 0) is 0 Å². The summed E-state index contributed by atoms with van der Waals surface area (Å²) in [5, 5.41) is 17.0. The van der Waals surface area contributed by atoms with Crippen LogP contribution in [0.2, 0.25) is 39.3 Å². The Kier molecular flexibility index (Phi) is 14.6. The molecule has 2 N–H and O–H groups in total. The minimum Gasteiger partial charge on any atom is -0.508 e. The number of aliphatic hydroxyl groups excluding tert-OH is 1. The van der Waals surface area contributed by atoms with Gasteiger partial charge in [-0.05, 0) is 56.1 Å². The Bertz CT molecular complexity index is 1010. The first-order valence-electron chi connectivity index (χ1n) is 9.97. The summed E-state index contributed by atoms with van der Waals surface area (Å²) in [4.78, 5) is 0. The number of aromatic hydroxyl groups is 1. The molecule has 0 aromatic heterocycles. The fourth-order valence-electron chi connectivity index (χ4n) is 1.78. The van der Waals surface area contributed by atoms with Crippen LogP contribution in [0.5, 0.6) is 11.5 Å². The first-order valence-corrected chi connectivity index (χ1v) is 18.6. The van der Waals surface area contributed by atoms with E-state index in [2.05, 4.69) is 94.1 Å². The Hall–Kier alpha value is -1.63. The van der Waals surface area contributed by atoms with Gasteiger partial charge in [-0.1, -0.05) is 51.1 Å². The Morgan fingerprint density at radius 1 is 0.818 bits per heavy atom. The van der Waals surface area contributed by atoms with Gasteiger partial charge in [0.05, 0.1) is 8.95 Å². The maximum Gasteiger partial charge on any atom is 0.148 e. The van der Waals surface area contributed by atoms with Crippen LogP contribution in [0.3, 0.4) is 0 Å². The van der Waals surface area contributed by atoms with E-state index in [0.717, 1.165) is 6.07 Å². The predicted octanol–water partition coefficient (Wildman–Crippen LogP) is 7.00. The molecule has 0 aliphatic carbocycles. The molecule has 0 unspecified atom stereocenters. The van der Waals surface area contributed by atoms with Gasteiger partial charge >= 0.3 is 0 Å². The third-order valence-electron chi connectivity index (χ3n) is 3.11. The average molecular weight is 620 g/mol. The lowest BCUT2D eigenvalue weighted by Gasteiger charge is -2.05. The molecule has 0 spiro atoms. The van der Waals surface area contributed by atoms with E-state index < -0.39 is 22.0 Å². The van der Waals surface area contributed by atoms with Crippen LogP contribution >= 0.6 is 31.9 Å². The van der Waals surface area contributed by atoms with Gasteiger partial charge in [-0.25, -0.2) is 8.78 Å². The summed E-state index contributed by atoms with van der Waals surface area (Å²) in [6.07, 6.45) is 0. The second-order valence-electron chi connectivity index (χ2n) is 8.72. The zero-order chi connectivity index (χ0) is 25.7. The molecule has 0 atom stereocenters. The molecule has 33 heavy (non-hydrogen) atoms. The van der Waals surface area contributed by atoms with Crippen molar-refractivity contribution in [2.24, 2.45) is 0 Å². The van der Waals surface area contributed by atoms with E-state index in [9.17, 15) is 8.78 Å². The smallest absolute Gasteiger partial charge is 0.148 e. The lowest BCUT2D eigenvalue weighted by molar-refractivity contribution is 0.350. The SMILES string of the molecule is C[Si](C)(C)C#CCO.C[Si](C)(C)C#CCOc1ccc(Br)c(F)c1.Oc1ccc(Br)c(F)c1. The van der Waals surface area contributed by atoms with Crippen molar-refractivity contribution < 1.29 is 23.7 Å². The van der Waals surface area contributed by atoms with Gasteiger partial charge in [0.25, 0.3) is 0 Å². The van der Waals surface area contributed by atoms with Crippen molar-refractivity contribution in [2.45, 2.75) is 39.3 Å². The number of hydrogen-bond donors (Lipinski definition) is 2. The maximum absolute atomic E-state index is 13.1.